The van der Waals surface area contributed by atoms with Crippen molar-refractivity contribution in [3.63, 3.8) is 0 Å². The van der Waals surface area contributed by atoms with E-state index < -0.39 is 0 Å². The third-order valence-corrected chi connectivity index (χ3v) is 3.11. The first-order valence-electron chi connectivity index (χ1n) is 6.34. The van der Waals surface area contributed by atoms with Gasteiger partial charge in [0.1, 0.15) is 0 Å². The van der Waals surface area contributed by atoms with Crippen LogP contribution in [0.1, 0.15) is 42.3 Å². The first-order chi connectivity index (χ1) is 9.11. The Morgan fingerprint density at radius 3 is 3.16 bits per heavy atom. The minimum Gasteiger partial charge on any atom is -0.338 e. The Morgan fingerprint density at radius 2 is 2.53 bits per heavy atom. The summed E-state index contributed by atoms with van der Waals surface area (Å²) in [4.78, 5) is 17.6. The Labute approximate surface area is 111 Å². The maximum Gasteiger partial charge on any atom is 0.295 e. The second-order valence-corrected chi connectivity index (χ2v) is 4.82. The van der Waals surface area contributed by atoms with E-state index in [9.17, 15) is 4.79 Å². The van der Waals surface area contributed by atoms with Crippen molar-refractivity contribution >= 4 is 5.91 Å². The fourth-order valence-electron chi connectivity index (χ4n) is 2.06. The molecule has 0 radical (unpaired) electrons. The predicted molar refractivity (Wildman–Crippen MR) is 66.0 cm³/mol. The van der Waals surface area contributed by atoms with Crippen molar-refractivity contribution in [3.8, 4) is 6.07 Å². The van der Waals surface area contributed by atoms with Gasteiger partial charge in [-0.2, -0.15) is 10.2 Å². The van der Waals surface area contributed by atoms with E-state index >= 15 is 0 Å². The second-order valence-electron chi connectivity index (χ2n) is 4.82. The molecule has 0 bridgehead atoms. The summed E-state index contributed by atoms with van der Waals surface area (Å²) in [6.45, 7) is 3.03. The van der Waals surface area contributed by atoms with Gasteiger partial charge in [0.2, 0.25) is 5.89 Å². The third-order valence-electron chi connectivity index (χ3n) is 3.11. The number of carbonyl (C=O) groups excluding carboxylic acids is 1. The first-order valence-corrected chi connectivity index (χ1v) is 6.34. The predicted octanol–water partition coefficient (Wildman–Crippen LogP) is 0.726. The molecule has 1 amide bonds. The highest BCUT2D eigenvalue weighted by Crippen LogP contribution is 2.21. The molecule has 1 aromatic heterocycles. The van der Waals surface area contributed by atoms with Crippen LogP contribution in [0, 0.1) is 17.2 Å². The van der Waals surface area contributed by atoms with Crippen molar-refractivity contribution in [2.45, 2.75) is 25.8 Å². The number of carbonyl (C=O) groups is 1. The Hall–Kier alpha value is -1.94. The van der Waals surface area contributed by atoms with Crippen molar-refractivity contribution in [1.82, 2.24) is 20.4 Å². The summed E-state index contributed by atoms with van der Waals surface area (Å²) >= 11 is 0. The van der Waals surface area contributed by atoms with Crippen molar-refractivity contribution in [2.24, 2.45) is 5.92 Å². The van der Waals surface area contributed by atoms with Crippen LogP contribution in [0.15, 0.2) is 4.52 Å². The van der Waals surface area contributed by atoms with Crippen LogP contribution in [0.5, 0.6) is 0 Å². The maximum absolute atomic E-state index is 12.0. The number of amides is 1. The minimum atomic E-state index is -0.324. The molecule has 1 aliphatic heterocycles. The molecule has 1 aliphatic rings. The van der Waals surface area contributed by atoms with Crippen LogP contribution in [0.2, 0.25) is 0 Å². The normalized spacial score (nSPS) is 19.9. The van der Waals surface area contributed by atoms with Gasteiger partial charge < -0.3 is 14.7 Å². The van der Waals surface area contributed by atoms with Crippen LogP contribution < -0.4 is 5.32 Å². The largest absolute Gasteiger partial charge is 0.338 e. The summed E-state index contributed by atoms with van der Waals surface area (Å²) in [7, 11) is 1.63. The van der Waals surface area contributed by atoms with Crippen molar-refractivity contribution < 1.29 is 9.32 Å². The number of hydrogen-bond acceptors (Lipinski definition) is 6. The molecule has 2 rings (SSSR count). The monoisotopic (exact) mass is 263 g/mol. The van der Waals surface area contributed by atoms with Gasteiger partial charge in [0.15, 0.2) is 0 Å². The van der Waals surface area contributed by atoms with Gasteiger partial charge in [0.05, 0.1) is 18.0 Å². The molecule has 1 N–H and O–H groups in total. The molecule has 19 heavy (non-hydrogen) atoms. The van der Waals surface area contributed by atoms with Gasteiger partial charge in [-0.1, -0.05) is 5.16 Å². The third kappa shape index (κ3) is 3.09. The molecule has 0 spiro atoms. The summed E-state index contributed by atoms with van der Waals surface area (Å²) in [6, 6.07) is 2.14. The second kappa shape index (κ2) is 5.80. The number of hydrogen-bond donors (Lipinski definition) is 1. The van der Waals surface area contributed by atoms with Crippen molar-refractivity contribution in [1.29, 1.82) is 5.26 Å². The standard InChI is InChI=1S/C12H17N5O2/c1-8(6-13)7-17(2)12(18)10-15-11(19-16-10)9-4-3-5-14-9/h8-9,14H,3-5,7H2,1-2H3. The van der Waals surface area contributed by atoms with Gasteiger partial charge in [-0.25, -0.2) is 0 Å². The SMILES string of the molecule is CC(C#N)CN(C)C(=O)c1noc(C2CCCN2)n1. The molecule has 1 aromatic rings. The highest BCUT2D eigenvalue weighted by molar-refractivity contribution is 5.90. The topological polar surface area (TPSA) is 95.0 Å². The highest BCUT2D eigenvalue weighted by atomic mass is 16.5. The van der Waals surface area contributed by atoms with E-state index in [2.05, 4.69) is 21.5 Å². The number of nitrogens with zero attached hydrogens (tertiary/aromatic N) is 4. The van der Waals surface area contributed by atoms with Crippen molar-refractivity contribution in [3.05, 3.63) is 11.7 Å². The Bertz CT molecular complexity index is 487. The molecule has 1 fully saturated rings. The fourth-order valence-corrected chi connectivity index (χ4v) is 2.06. The molecule has 7 nitrogen and oxygen atoms in total. The Kier molecular flexibility index (Phi) is 4.12. The smallest absolute Gasteiger partial charge is 0.295 e. The Morgan fingerprint density at radius 1 is 1.74 bits per heavy atom. The highest BCUT2D eigenvalue weighted by Gasteiger charge is 2.25. The molecule has 0 saturated carbocycles. The average molecular weight is 263 g/mol. The lowest BCUT2D eigenvalue weighted by Crippen LogP contribution is -2.31. The minimum absolute atomic E-state index is 0.0522. The molecule has 0 aliphatic carbocycles. The van der Waals surface area contributed by atoms with E-state index in [1.54, 1.807) is 14.0 Å². The summed E-state index contributed by atoms with van der Waals surface area (Å²) in [5, 5.41) is 15.7. The number of aromatic nitrogens is 2. The van der Waals surface area contributed by atoms with Gasteiger partial charge >= 0.3 is 0 Å². The van der Waals surface area contributed by atoms with Gasteiger partial charge in [-0.05, 0) is 26.3 Å². The summed E-state index contributed by atoms with van der Waals surface area (Å²) in [5.74, 6) is -0.0363. The molecule has 102 valence electrons. The number of rotatable bonds is 4. The molecule has 7 heteroatoms. The van der Waals surface area contributed by atoms with Crippen LogP contribution in [-0.4, -0.2) is 41.1 Å². The van der Waals surface area contributed by atoms with Gasteiger partial charge in [-0.15, -0.1) is 0 Å². The molecule has 0 aromatic carbocycles. The lowest BCUT2D eigenvalue weighted by Gasteiger charge is -2.15. The van der Waals surface area contributed by atoms with Crippen LogP contribution in [0.4, 0.5) is 0 Å². The summed E-state index contributed by atoms with van der Waals surface area (Å²) in [5.41, 5.74) is 0. The first kappa shape index (κ1) is 13.5. The van der Waals surface area contributed by atoms with E-state index in [-0.39, 0.29) is 23.7 Å². The van der Waals surface area contributed by atoms with Gasteiger partial charge in [-0.3, -0.25) is 4.79 Å². The van der Waals surface area contributed by atoms with Crippen LogP contribution in [0.3, 0.4) is 0 Å². The summed E-state index contributed by atoms with van der Waals surface area (Å²) in [6.07, 6.45) is 2.01. The maximum atomic E-state index is 12.0. The number of nitrogens with one attached hydrogen (secondary N) is 1. The van der Waals surface area contributed by atoms with Crippen LogP contribution >= 0.6 is 0 Å². The van der Waals surface area contributed by atoms with E-state index in [0.29, 0.717) is 12.4 Å². The molecule has 2 unspecified atom stereocenters. The van der Waals surface area contributed by atoms with Gasteiger partial charge in [0.25, 0.3) is 11.7 Å². The fraction of sp³-hybridized carbons (Fsp3) is 0.667. The molecule has 1 saturated heterocycles. The van der Waals surface area contributed by atoms with E-state index in [1.807, 2.05) is 0 Å². The molecular weight excluding hydrogens is 246 g/mol. The van der Waals surface area contributed by atoms with E-state index in [1.165, 1.54) is 4.90 Å². The Balaban J connectivity index is 2.01. The van der Waals surface area contributed by atoms with E-state index in [0.717, 1.165) is 19.4 Å². The molecule has 2 heterocycles. The zero-order valence-electron chi connectivity index (χ0n) is 11.1. The van der Waals surface area contributed by atoms with Gasteiger partial charge in [0, 0.05) is 13.6 Å². The zero-order valence-corrected chi connectivity index (χ0v) is 11.1. The average Bonchev–Trinajstić information content (AvgIpc) is 3.07. The van der Waals surface area contributed by atoms with E-state index in [4.69, 9.17) is 9.78 Å². The van der Waals surface area contributed by atoms with Crippen LogP contribution in [0.25, 0.3) is 0 Å². The van der Waals surface area contributed by atoms with Crippen molar-refractivity contribution in [2.75, 3.05) is 20.1 Å². The van der Waals surface area contributed by atoms with Crippen LogP contribution in [-0.2, 0) is 0 Å². The summed E-state index contributed by atoms with van der Waals surface area (Å²) < 4.78 is 5.12. The lowest BCUT2D eigenvalue weighted by atomic mass is 10.2. The molecule has 2 atom stereocenters. The number of nitriles is 1. The quantitative estimate of drug-likeness (QED) is 0.860. The zero-order chi connectivity index (χ0) is 13.8. The molecular formula is C12H17N5O2. The lowest BCUT2D eigenvalue weighted by molar-refractivity contribution is 0.0769.